The van der Waals surface area contributed by atoms with Gasteiger partial charge in [-0.1, -0.05) is 17.7 Å². The van der Waals surface area contributed by atoms with Crippen LogP contribution in [0.1, 0.15) is 41.5 Å². The van der Waals surface area contributed by atoms with Crippen LogP contribution < -0.4 is 16.0 Å². The summed E-state index contributed by atoms with van der Waals surface area (Å²) in [5.74, 6) is -0.571. The average Bonchev–Trinajstić information content (AvgIpc) is 2.64. The van der Waals surface area contributed by atoms with Gasteiger partial charge >= 0.3 is 6.09 Å². The summed E-state index contributed by atoms with van der Waals surface area (Å²) in [6.07, 6.45) is -0.597. The number of anilines is 1. The number of rotatable bonds is 6. The molecular weight excluding hydrogens is 394 g/mol. The number of carbonyl (C=O) groups excluding carboxylic acids is 3. The van der Waals surface area contributed by atoms with E-state index in [0.717, 1.165) is 0 Å². The fourth-order valence-electron chi connectivity index (χ4n) is 2.32. The van der Waals surface area contributed by atoms with Crippen molar-refractivity contribution in [3.63, 3.8) is 0 Å². The molecule has 0 fully saturated rings. The SMILES string of the molecule is CC(C)(C)OC(=O)Nc1cccc(C(=O)NCCNC(=O)c2ccc(Cl)cc2)c1. The molecule has 0 atom stereocenters. The van der Waals surface area contributed by atoms with Gasteiger partial charge in [0.05, 0.1) is 0 Å². The number of hydrogen-bond acceptors (Lipinski definition) is 4. The quantitative estimate of drug-likeness (QED) is 0.622. The summed E-state index contributed by atoms with van der Waals surface area (Å²) in [5, 5.41) is 8.57. The molecule has 2 aromatic rings. The molecule has 29 heavy (non-hydrogen) atoms. The third-order valence-electron chi connectivity index (χ3n) is 3.57. The number of nitrogens with one attached hydrogen (secondary N) is 3. The topological polar surface area (TPSA) is 96.5 Å². The summed E-state index contributed by atoms with van der Waals surface area (Å²) in [4.78, 5) is 36.1. The fourth-order valence-corrected chi connectivity index (χ4v) is 2.44. The fraction of sp³-hybridized carbons (Fsp3) is 0.286. The first-order chi connectivity index (χ1) is 13.6. The lowest BCUT2D eigenvalue weighted by atomic mass is 10.2. The van der Waals surface area contributed by atoms with Crippen LogP contribution in [0.15, 0.2) is 48.5 Å². The second-order valence-corrected chi connectivity index (χ2v) is 7.66. The molecule has 0 unspecified atom stereocenters. The predicted molar refractivity (Wildman–Crippen MR) is 112 cm³/mol. The van der Waals surface area contributed by atoms with Crippen molar-refractivity contribution in [1.82, 2.24) is 10.6 Å². The van der Waals surface area contributed by atoms with E-state index in [1.165, 1.54) is 0 Å². The van der Waals surface area contributed by atoms with Crippen LogP contribution in [0.5, 0.6) is 0 Å². The number of carbonyl (C=O) groups is 3. The number of benzene rings is 2. The zero-order chi connectivity index (χ0) is 21.4. The molecule has 0 bridgehead atoms. The molecule has 0 saturated heterocycles. The molecule has 0 aliphatic heterocycles. The smallest absolute Gasteiger partial charge is 0.412 e. The first-order valence-corrected chi connectivity index (χ1v) is 9.44. The van der Waals surface area contributed by atoms with Gasteiger partial charge in [0.2, 0.25) is 0 Å². The van der Waals surface area contributed by atoms with Crippen molar-refractivity contribution in [1.29, 1.82) is 0 Å². The molecule has 2 aromatic carbocycles. The molecule has 0 saturated carbocycles. The van der Waals surface area contributed by atoms with Crippen LogP contribution in [0.25, 0.3) is 0 Å². The van der Waals surface area contributed by atoms with Gasteiger partial charge in [0.15, 0.2) is 0 Å². The highest BCUT2D eigenvalue weighted by atomic mass is 35.5. The molecule has 3 amide bonds. The third kappa shape index (κ3) is 7.83. The Morgan fingerprint density at radius 3 is 2.07 bits per heavy atom. The van der Waals surface area contributed by atoms with E-state index in [1.807, 2.05) is 0 Å². The van der Waals surface area contributed by atoms with Crippen LogP contribution >= 0.6 is 11.6 Å². The molecule has 2 rings (SSSR count). The Hall–Kier alpha value is -3.06. The van der Waals surface area contributed by atoms with E-state index in [1.54, 1.807) is 69.3 Å². The van der Waals surface area contributed by atoms with E-state index in [0.29, 0.717) is 21.8 Å². The highest BCUT2D eigenvalue weighted by Gasteiger charge is 2.16. The van der Waals surface area contributed by atoms with Crippen molar-refractivity contribution >= 4 is 35.2 Å². The van der Waals surface area contributed by atoms with Crippen molar-refractivity contribution < 1.29 is 19.1 Å². The molecule has 0 aromatic heterocycles. The van der Waals surface area contributed by atoms with Crippen LogP contribution in [-0.2, 0) is 4.74 Å². The summed E-state index contributed by atoms with van der Waals surface area (Å²) in [6, 6.07) is 13.0. The second kappa shape index (κ2) is 9.93. The Morgan fingerprint density at radius 1 is 0.897 bits per heavy atom. The Balaban J connectivity index is 1.81. The standard InChI is InChI=1S/C21H24ClN3O4/c1-21(2,3)29-20(28)25-17-6-4-5-15(13-17)19(27)24-12-11-23-18(26)14-7-9-16(22)10-8-14/h4-10,13H,11-12H2,1-3H3,(H,23,26)(H,24,27)(H,25,28). The van der Waals surface area contributed by atoms with E-state index >= 15 is 0 Å². The number of amides is 3. The van der Waals surface area contributed by atoms with E-state index in [-0.39, 0.29) is 24.9 Å². The van der Waals surface area contributed by atoms with E-state index in [2.05, 4.69) is 16.0 Å². The van der Waals surface area contributed by atoms with Gasteiger partial charge in [0.1, 0.15) is 5.60 Å². The molecule has 0 aliphatic carbocycles. The van der Waals surface area contributed by atoms with Crippen LogP contribution in [0, 0.1) is 0 Å². The Kier molecular flexibility index (Phi) is 7.61. The number of halogens is 1. The summed E-state index contributed by atoms with van der Waals surface area (Å²) in [7, 11) is 0. The minimum absolute atomic E-state index is 0.250. The normalized spacial score (nSPS) is 10.8. The van der Waals surface area contributed by atoms with Crippen LogP contribution in [0.2, 0.25) is 5.02 Å². The maximum atomic E-state index is 12.3. The number of ether oxygens (including phenoxy) is 1. The largest absolute Gasteiger partial charge is 0.444 e. The molecule has 3 N–H and O–H groups in total. The van der Waals surface area contributed by atoms with Gasteiger partial charge in [0, 0.05) is 34.9 Å². The van der Waals surface area contributed by atoms with Gasteiger partial charge in [0.25, 0.3) is 11.8 Å². The Labute approximate surface area is 174 Å². The van der Waals surface area contributed by atoms with Crippen molar-refractivity contribution in [3.05, 3.63) is 64.7 Å². The lowest BCUT2D eigenvalue weighted by Crippen LogP contribution is -2.34. The number of hydrogen-bond donors (Lipinski definition) is 3. The molecule has 0 spiro atoms. The van der Waals surface area contributed by atoms with Crippen LogP contribution in [-0.4, -0.2) is 36.6 Å². The average molecular weight is 418 g/mol. The van der Waals surface area contributed by atoms with E-state index < -0.39 is 11.7 Å². The van der Waals surface area contributed by atoms with Crippen molar-refractivity contribution in [3.8, 4) is 0 Å². The molecular formula is C21H24ClN3O4. The first kappa shape index (κ1) is 22.2. The maximum absolute atomic E-state index is 12.3. The van der Waals surface area contributed by atoms with Gasteiger partial charge in [-0.3, -0.25) is 14.9 Å². The molecule has 8 heteroatoms. The van der Waals surface area contributed by atoms with Crippen molar-refractivity contribution in [2.75, 3.05) is 18.4 Å². The van der Waals surface area contributed by atoms with Crippen molar-refractivity contribution in [2.24, 2.45) is 0 Å². The Bertz CT molecular complexity index is 876. The van der Waals surface area contributed by atoms with Crippen LogP contribution in [0.4, 0.5) is 10.5 Å². The minimum atomic E-state index is -0.616. The van der Waals surface area contributed by atoms with Gasteiger partial charge in [-0.15, -0.1) is 0 Å². The van der Waals surface area contributed by atoms with Gasteiger partial charge < -0.3 is 15.4 Å². The van der Waals surface area contributed by atoms with E-state index in [9.17, 15) is 14.4 Å². The monoisotopic (exact) mass is 417 g/mol. The zero-order valence-electron chi connectivity index (χ0n) is 16.5. The van der Waals surface area contributed by atoms with Gasteiger partial charge in [-0.2, -0.15) is 0 Å². The molecule has 0 radical (unpaired) electrons. The Morgan fingerprint density at radius 2 is 1.48 bits per heavy atom. The highest BCUT2D eigenvalue weighted by Crippen LogP contribution is 2.14. The lowest BCUT2D eigenvalue weighted by molar-refractivity contribution is 0.0635. The molecule has 7 nitrogen and oxygen atoms in total. The van der Waals surface area contributed by atoms with E-state index in [4.69, 9.17) is 16.3 Å². The summed E-state index contributed by atoms with van der Waals surface area (Å²) >= 11 is 5.79. The first-order valence-electron chi connectivity index (χ1n) is 9.06. The van der Waals surface area contributed by atoms with Gasteiger partial charge in [-0.25, -0.2) is 4.79 Å². The maximum Gasteiger partial charge on any atom is 0.412 e. The minimum Gasteiger partial charge on any atom is -0.444 e. The van der Waals surface area contributed by atoms with Crippen LogP contribution in [0.3, 0.4) is 0 Å². The second-order valence-electron chi connectivity index (χ2n) is 7.23. The van der Waals surface area contributed by atoms with Gasteiger partial charge in [-0.05, 0) is 63.2 Å². The summed E-state index contributed by atoms with van der Waals surface area (Å²) in [5.41, 5.74) is 0.697. The predicted octanol–water partition coefficient (Wildman–Crippen LogP) is 3.85. The third-order valence-corrected chi connectivity index (χ3v) is 3.82. The van der Waals surface area contributed by atoms with Crippen molar-refractivity contribution in [2.45, 2.75) is 26.4 Å². The molecule has 0 aliphatic rings. The lowest BCUT2D eigenvalue weighted by Gasteiger charge is -2.19. The summed E-state index contributed by atoms with van der Waals surface area (Å²) < 4.78 is 5.19. The highest BCUT2D eigenvalue weighted by molar-refractivity contribution is 6.30. The molecule has 0 heterocycles. The summed E-state index contributed by atoms with van der Waals surface area (Å²) in [6.45, 7) is 5.82. The molecule has 154 valence electrons. The zero-order valence-corrected chi connectivity index (χ0v) is 17.3.